The van der Waals surface area contributed by atoms with Crippen molar-refractivity contribution in [1.29, 1.82) is 0 Å². The maximum atomic E-state index is 12.7. The van der Waals surface area contributed by atoms with Crippen LogP contribution in [-0.2, 0) is 10.0 Å². The lowest BCUT2D eigenvalue weighted by molar-refractivity contribution is 0.0978. The third kappa shape index (κ3) is 6.58. The summed E-state index contributed by atoms with van der Waals surface area (Å²) in [5.74, 6) is 0.363. The number of ether oxygens (including phenoxy) is 1. The molecule has 0 heterocycles. The maximum Gasteiger partial charge on any atom is 0.261 e. The Bertz CT molecular complexity index is 1310. The second kappa shape index (κ2) is 10.7. The molecular weight excluding hydrogens is 469 g/mol. The van der Waals surface area contributed by atoms with Crippen LogP contribution in [0.5, 0.6) is 5.75 Å². The predicted octanol–water partition coefficient (Wildman–Crippen LogP) is 2.89. The van der Waals surface area contributed by atoms with Crippen molar-refractivity contribution in [1.82, 2.24) is 5.32 Å². The van der Waals surface area contributed by atoms with Crippen LogP contribution in [0.2, 0.25) is 0 Å². The Balaban J connectivity index is 1.63. The van der Waals surface area contributed by atoms with E-state index in [9.17, 15) is 13.2 Å². The molecule has 3 aromatic carbocycles. The molecule has 0 radical (unpaired) electrons. The van der Waals surface area contributed by atoms with Gasteiger partial charge in [0.2, 0.25) is 0 Å². The first-order valence-corrected chi connectivity index (χ1v) is 12.5. The molecule has 0 saturated carbocycles. The molecule has 1 amide bonds. The Morgan fingerprint density at radius 3 is 2.21 bits per heavy atom. The summed E-state index contributed by atoms with van der Waals surface area (Å²) in [6.45, 7) is 6.25. The third-order valence-electron chi connectivity index (χ3n) is 4.86. The average Bonchev–Trinajstić information content (AvgIpc) is 2.74. The molecule has 7 nitrogen and oxygen atoms in total. The maximum absolute atomic E-state index is 12.7. The zero-order valence-electron chi connectivity index (χ0n) is 19.4. The fourth-order valence-electron chi connectivity index (χ4n) is 3.41. The van der Waals surface area contributed by atoms with Crippen LogP contribution in [0.25, 0.3) is 0 Å². The molecule has 3 rings (SSSR count). The first-order chi connectivity index (χ1) is 16.1. The number of benzene rings is 3. The van der Waals surface area contributed by atoms with Crippen LogP contribution >= 0.6 is 12.2 Å². The second-order valence-corrected chi connectivity index (χ2v) is 9.92. The van der Waals surface area contributed by atoms with Gasteiger partial charge < -0.3 is 10.1 Å². The van der Waals surface area contributed by atoms with E-state index in [-0.39, 0.29) is 15.9 Å². The van der Waals surface area contributed by atoms with E-state index in [4.69, 9.17) is 17.0 Å². The fraction of sp³-hybridized carbons (Fsp3) is 0.167. The minimum atomic E-state index is -3.75. The van der Waals surface area contributed by atoms with E-state index in [1.165, 1.54) is 12.1 Å². The van der Waals surface area contributed by atoms with Gasteiger partial charge in [0.15, 0.2) is 5.11 Å². The minimum Gasteiger partial charge on any atom is -0.494 e. The lowest BCUT2D eigenvalue weighted by Gasteiger charge is -2.13. The molecule has 0 bridgehead atoms. The van der Waals surface area contributed by atoms with Gasteiger partial charge in [0, 0.05) is 16.9 Å². The minimum absolute atomic E-state index is 0.0977. The van der Waals surface area contributed by atoms with E-state index in [1.54, 1.807) is 42.5 Å². The number of hydrogen-bond donors (Lipinski definition) is 3. The summed E-state index contributed by atoms with van der Waals surface area (Å²) >= 11 is 5.23. The largest absolute Gasteiger partial charge is 0.494 e. The van der Waals surface area contributed by atoms with Crippen molar-refractivity contribution in [3.8, 4) is 5.75 Å². The van der Waals surface area contributed by atoms with E-state index in [0.717, 1.165) is 22.3 Å². The quantitative estimate of drug-likeness (QED) is 0.345. The second-order valence-electron chi connectivity index (χ2n) is 7.83. The van der Waals surface area contributed by atoms with Gasteiger partial charge in [-0.2, -0.15) is 0 Å². The van der Waals surface area contributed by atoms with Gasteiger partial charge in [-0.05, 0) is 98.1 Å². The lowest BCUT2D eigenvalue weighted by Crippen LogP contribution is -2.34. The number of aryl methyl sites for hydroxylation is 2. The summed E-state index contributed by atoms with van der Waals surface area (Å²) < 4.78 is 33.5. The third-order valence-corrected chi connectivity index (χ3v) is 6.46. The molecule has 34 heavy (non-hydrogen) atoms. The summed E-state index contributed by atoms with van der Waals surface area (Å²) in [4.78, 5) is 12.6. The zero-order chi connectivity index (χ0) is 24.9. The van der Waals surface area contributed by atoms with E-state index < -0.39 is 10.0 Å². The standard InChI is InChI=1S/C24H26BN3O4S2/c1-4-32-22-10-5-17(14-21(22)25)23(29)27-24(33)26-18-6-8-20(9-7-18)34(30,31)28-19-12-15(2)11-16(3)13-19/h5-14,28H,4,25H2,1-3H3,(H2,26,27,29,33). The number of anilines is 2. The molecule has 3 aromatic rings. The highest BCUT2D eigenvalue weighted by Gasteiger charge is 2.15. The average molecular weight is 495 g/mol. The fourth-order valence-corrected chi connectivity index (χ4v) is 4.66. The van der Waals surface area contributed by atoms with Crippen LogP contribution in [0.4, 0.5) is 11.4 Å². The van der Waals surface area contributed by atoms with Gasteiger partial charge in [-0.15, -0.1) is 0 Å². The first kappa shape index (κ1) is 25.3. The number of amides is 1. The Labute approximate surface area is 206 Å². The van der Waals surface area contributed by atoms with Gasteiger partial charge in [-0.1, -0.05) is 12.1 Å². The van der Waals surface area contributed by atoms with Gasteiger partial charge in [0.1, 0.15) is 13.6 Å². The number of nitrogens with one attached hydrogen (secondary N) is 3. The van der Waals surface area contributed by atoms with Crippen LogP contribution in [0.15, 0.2) is 65.6 Å². The molecule has 0 aliphatic heterocycles. The van der Waals surface area contributed by atoms with Crippen LogP contribution < -0.4 is 25.6 Å². The van der Waals surface area contributed by atoms with Crippen molar-refractivity contribution >= 4 is 57.9 Å². The highest BCUT2D eigenvalue weighted by atomic mass is 32.2. The van der Waals surface area contributed by atoms with Crippen molar-refractivity contribution in [2.45, 2.75) is 25.7 Å². The van der Waals surface area contributed by atoms with Gasteiger partial charge >= 0.3 is 0 Å². The predicted molar refractivity (Wildman–Crippen MR) is 143 cm³/mol. The smallest absolute Gasteiger partial charge is 0.261 e. The van der Waals surface area contributed by atoms with Crippen molar-refractivity contribution in [3.63, 3.8) is 0 Å². The normalized spacial score (nSPS) is 10.9. The summed E-state index contributed by atoms with van der Waals surface area (Å²) in [6, 6.07) is 16.7. The Morgan fingerprint density at radius 2 is 1.62 bits per heavy atom. The highest BCUT2D eigenvalue weighted by Crippen LogP contribution is 2.20. The van der Waals surface area contributed by atoms with Crippen molar-refractivity contribution in [2.24, 2.45) is 0 Å². The number of rotatable bonds is 7. The Kier molecular flexibility index (Phi) is 7.96. The van der Waals surface area contributed by atoms with E-state index in [1.807, 2.05) is 34.7 Å². The van der Waals surface area contributed by atoms with Crippen LogP contribution in [0.1, 0.15) is 28.4 Å². The van der Waals surface area contributed by atoms with Crippen LogP contribution in [-0.4, -0.2) is 33.9 Å². The SMILES string of the molecule is Bc1cc(C(=O)NC(=S)Nc2ccc(S(=O)(=O)Nc3cc(C)cc(C)c3)cc2)ccc1OCC. The van der Waals surface area contributed by atoms with Crippen LogP contribution in [0, 0.1) is 13.8 Å². The molecule has 0 atom stereocenters. The number of hydrogen-bond acceptors (Lipinski definition) is 5. The molecule has 0 spiro atoms. The zero-order valence-corrected chi connectivity index (χ0v) is 21.1. The molecule has 3 N–H and O–H groups in total. The molecular formula is C24H26BN3O4S2. The molecule has 0 fully saturated rings. The number of carbonyl (C=O) groups is 1. The van der Waals surface area contributed by atoms with Gasteiger partial charge in [-0.3, -0.25) is 14.8 Å². The monoisotopic (exact) mass is 495 g/mol. The molecule has 0 unspecified atom stereocenters. The molecule has 10 heteroatoms. The highest BCUT2D eigenvalue weighted by molar-refractivity contribution is 7.92. The summed E-state index contributed by atoms with van der Waals surface area (Å²) in [5, 5.41) is 5.61. The first-order valence-electron chi connectivity index (χ1n) is 10.6. The van der Waals surface area contributed by atoms with Crippen molar-refractivity contribution in [2.75, 3.05) is 16.6 Å². The summed E-state index contributed by atoms with van der Waals surface area (Å²) in [6.07, 6.45) is 0. The lowest BCUT2D eigenvalue weighted by atomic mass is 9.93. The van der Waals surface area contributed by atoms with Crippen LogP contribution in [0.3, 0.4) is 0 Å². The molecule has 0 aliphatic rings. The van der Waals surface area contributed by atoms with Gasteiger partial charge in [0.25, 0.3) is 15.9 Å². The van der Waals surface area contributed by atoms with E-state index >= 15 is 0 Å². The Hall–Kier alpha value is -3.37. The van der Waals surface area contributed by atoms with Gasteiger partial charge in [0.05, 0.1) is 11.5 Å². The van der Waals surface area contributed by atoms with Gasteiger partial charge in [-0.25, -0.2) is 8.42 Å². The molecule has 0 aromatic heterocycles. The topological polar surface area (TPSA) is 96.5 Å². The summed E-state index contributed by atoms with van der Waals surface area (Å²) in [5.41, 5.74) is 4.27. The molecule has 0 saturated heterocycles. The molecule has 0 aliphatic carbocycles. The number of sulfonamides is 1. The summed E-state index contributed by atoms with van der Waals surface area (Å²) in [7, 11) is -1.89. The van der Waals surface area contributed by atoms with Crippen molar-refractivity contribution in [3.05, 3.63) is 77.4 Å². The van der Waals surface area contributed by atoms with E-state index in [0.29, 0.717) is 23.5 Å². The van der Waals surface area contributed by atoms with Crippen molar-refractivity contribution < 1.29 is 17.9 Å². The number of carbonyl (C=O) groups excluding carboxylic acids is 1. The molecule has 176 valence electrons. The Morgan fingerprint density at radius 1 is 0.971 bits per heavy atom. The van der Waals surface area contributed by atoms with E-state index in [2.05, 4.69) is 15.4 Å². The number of thiocarbonyl (C=S) groups is 1.